The highest BCUT2D eigenvalue weighted by Gasteiger charge is 2.32. The van der Waals surface area contributed by atoms with Gasteiger partial charge in [0, 0.05) is 32.4 Å². The Labute approximate surface area is 188 Å². The van der Waals surface area contributed by atoms with E-state index in [0.29, 0.717) is 56.6 Å². The molecule has 0 spiro atoms. The van der Waals surface area contributed by atoms with Gasteiger partial charge in [0.1, 0.15) is 18.5 Å². The number of aromatic nitrogens is 1. The average Bonchev–Trinajstić information content (AvgIpc) is 2.77. The third-order valence-corrected chi connectivity index (χ3v) is 5.56. The fourth-order valence-electron chi connectivity index (χ4n) is 3.59. The van der Waals surface area contributed by atoms with Gasteiger partial charge in [-0.05, 0) is 18.2 Å². The van der Waals surface area contributed by atoms with E-state index >= 15 is 0 Å². The number of hydrogen-bond acceptors (Lipinski definition) is 6. The molecule has 3 heterocycles. The van der Waals surface area contributed by atoms with Crippen molar-refractivity contribution in [3.05, 3.63) is 47.1 Å². The Morgan fingerprint density at radius 2 is 1.91 bits per heavy atom. The maximum absolute atomic E-state index is 12.8. The molecule has 1 saturated heterocycles. The molecule has 1 aromatic carbocycles. The van der Waals surface area contributed by atoms with E-state index in [2.05, 4.69) is 10.3 Å². The smallest absolute Gasteiger partial charge is 0.417 e. The molecule has 11 heteroatoms. The lowest BCUT2D eigenvalue weighted by atomic mass is 10.2. The van der Waals surface area contributed by atoms with Crippen molar-refractivity contribution >= 4 is 23.3 Å². The molecule has 7 nitrogen and oxygen atoms in total. The third kappa shape index (κ3) is 5.36. The van der Waals surface area contributed by atoms with Crippen LogP contribution in [0.25, 0.3) is 0 Å². The van der Waals surface area contributed by atoms with Crippen LogP contribution in [0.15, 0.2) is 36.5 Å². The van der Waals surface area contributed by atoms with Gasteiger partial charge in [0.15, 0.2) is 11.5 Å². The summed E-state index contributed by atoms with van der Waals surface area (Å²) in [5, 5.41) is 2.82. The molecule has 1 unspecified atom stereocenters. The molecule has 1 aromatic heterocycles. The number of rotatable bonds is 5. The lowest BCUT2D eigenvalue weighted by Crippen LogP contribution is -2.51. The summed E-state index contributed by atoms with van der Waals surface area (Å²) in [6, 6.07) is 8.26. The number of alkyl halides is 3. The van der Waals surface area contributed by atoms with Crippen molar-refractivity contribution in [1.82, 2.24) is 15.2 Å². The van der Waals surface area contributed by atoms with Gasteiger partial charge in [-0.3, -0.25) is 9.69 Å². The van der Waals surface area contributed by atoms with E-state index in [9.17, 15) is 18.0 Å². The highest BCUT2D eigenvalue weighted by molar-refractivity contribution is 6.33. The number of carbonyl (C=O) groups excluding carboxylic acids is 1. The molecule has 172 valence electrons. The summed E-state index contributed by atoms with van der Waals surface area (Å²) in [5.74, 6) is 1.53. The van der Waals surface area contributed by atoms with Crippen LogP contribution < -0.4 is 19.7 Å². The van der Waals surface area contributed by atoms with Gasteiger partial charge in [-0.2, -0.15) is 13.2 Å². The summed E-state index contributed by atoms with van der Waals surface area (Å²) in [7, 11) is 0. The van der Waals surface area contributed by atoms with Crippen molar-refractivity contribution in [2.75, 3.05) is 50.8 Å². The normalized spacial score (nSPS) is 19.0. The molecular formula is C21H22ClF3N4O3. The molecule has 2 aliphatic heterocycles. The van der Waals surface area contributed by atoms with E-state index < -0.39 is 11.7 Å². The van der Waals surface area contributed by atoms with Crippen molar-refractivity contribution in [2.24, 2.45) is 0 Å². The van der Waals surface area contributed by atoms with Crippen molar-refractivity contribution in [1.29, 1.82) is 0 Å². The zero-order valence-corrected chi connectivity index (χ0v) is 17.8. The van der Waals surface area contributed by atoms with Crippen LogP contribution in [-0.4, -0.2) is 67.8 Å². The topological polar surface area (TPSA) is 66.9 Å². The number of piperazine rings is 1. The van der Waals surface area contributed by atoms with E-state index in [0.717, 1.165) is 12.3 Å². The van der Waals surface area contributed by atoms with Crippen LogP contribution in [0.5, 0.6) is 11.5 Å². The number of pyridine rings is 1. The number of nitrogens with one attached hydrogen (secondary N) is 1. The molecule has 0 radical (unpaired) electrons. The first-order chi connectivity index (χ1) is 15.3. The number of halogens is 4. The minimum atomic E-state index is -4.49. The van der Waals surface area contributed by atoms with Crippen LogP contribution in [0, 0.1) is 0 Å². The molecule has 0 bridgehead atoms. The highest BCUT2D eigenvalue weighted by atomic mass is 35.5. The first-order valence-corrected chi connectivity index (χ1v) is 10.5. The van der Waals surface area contributed by atoms with E-state index in [-0.39, 0.29) is 23.6 Å². The Hall–Kier alpha value is -2.72. The Morgan fingerprint density at radius 3 is 2.59 bits per heavy atom. The predicted octanol–water partition coefficient (Wildman–Crippen LogP) is 2.83. The fourth-order valence-corrected chi connectivity index (χ4v) is 3.87. The van der Waals surface area contributed by atoms with Crippen LogP contribution in [-0.2, 0) is 11.0 Å². The van der Waals surface area contributed by atoms with Gasteiger partial charge in [-0.15, -0.1) is 0 Å². The van der Waals surface area contributed by atoms with Gasteiger partial charge in [0.2, 0.25) is 5.91 Å². The second-order valence-corrected chi connectivity index (χ2v) is 8.00. The second-order valence-electron chi connectivity index (χ2n) is 7.59. The van der Waals surface area contributed by atoms with E-state index in [1.165, 1.54) is 0 Å². The molecule has 32 heavy (non-hydrogen) atoms. The van der Waals surface area contributed by atoms with Crippen molar-refractivity contribution < 1.29 is 27.4 Å². The number of carbonyl (C=O) groups is 1. The average molecular weight is 471 g/mol. The van der Waals surface area contributed by atoms with Gasteiger partial charge in [-0.25, -0.2) is 4.98 Å². The van der Waals surface area contributed by atoms with E-state index in [4.69, 9.17) is 21.1 Å². The molecule has 0 aliphatic carbocycles. The summed E-state index contributed by atoms with van der Waals surface area (Å²) in [6.45, 7) is 3.02. The fraction of sp³-hybridized carbons (Fsp3) is 0.429. The monoisotopic (exact) mass is 470 g/mol. The number of benzene rings is 1. The maximum atomic E-state index is 12.8. The van der Waals surface area contributed by atoms with Crippen LogP contribution in [0.1, 0.15) is 5.56 Å². The number of para-hydroxylation sites is 2. The number of anilines is 1. The minimum Gasteiger partial charge on any atom is -0.486 e. The molecule has 2 aliphatic rings. The zero-order chi connectivity index (χ0) is 22.7. The standard InChI is InChI=1S/C21H22ClF3N4O3/c22-16-9-14(21(23,24)25)10-27-20(16)29-7-5-28(6-8-29)12-19(30)26-11-15-13-31-17-3-1-2-4-18(17)32-15/h1-4,9-10,15H,5-8,11-13H2,(H,26,30). The lowest BCUT2D eigenvalue weighted by Gasteiger charge is -2.35. The lowest BCUT2D eigenvalue weighted by molar-refractivity contribution is -0.137. The summed E-state index contributed by atoms with van der Waals surface area (Å²) >= 11 is 6.03. The van der Waals surface area contributed by atoms with Crippen LogP contribution in [0.4, 0.5) is 19.0 Å². The third-order valence-electron chi connectivity index (χ3n) is 5.28. The van der Waals surface area contributed by atoms with Gasteiger partial charge in [0.25, 0.3) is 0 Å². The number of ether oxygens (including phenoxy) is 2. The first-order valence-electron chi connectivity index (χ1n) is 10.1. The van der Waals surface area contributed by atoms with Crippen LogP contribution in [0.3, 0.4) is 0 Å². The Kier molecular flexibility index (Phi) is 6.61. The zero-order valence-electron chi connectivity index (χ0n) is 17.1. The predicted molar refractivity (Wildman–Crippen MR) is 112 cm³/mol. The number of hydrogen-bond donors (Lipinski definition) is 1. The van der Waals surface area contributed by atoms with Crippen molar-refractivity contribution in [3.63, 3.8) is 0 Å². The van der Waals surface area contributed by atoms with Crippen LogP contribution in [0.2, 0.25) is 5.02 Å². The molecular weight excluding hydrogens is 449 g/mol. The Balaban J connectivity index is 1.22. The summed E-state index contributed by atoms with van der Waals surface area (Å²) < 4.78 is 49.8. The van der Waals surface area contributed by atoms with Crippen molar-refractivity contribution in [2.45, 2.75) is 12.3 Å². The van der Waals surface area contributed by atoms with Gasteiger partial charge >= 0.3 is 6.18 Å². The molecule has 1 fully saturated rings. The van der Waals surface area contributed by atoms with Gasteiger partial charge in [-0.1, -0.05) is 23.7 Å². The summed E-state index contributed by atoms with van der Waals surface area (Å²) in [6.07, 6.45) is -3.96. The second kappa shape index (κ2) is 9.41. The quantitative estimate of drug-likeness (QED) is 0.725. The minimum absolute atomic E-state index is 0.0395. The Morgan fingerprint density at radius 1 is 1.19 bits per heavy atom. The molecule has 0 saturated carbocycles. The molecule has 2 aromatic rings. The SMILES string of the molecule is O=C(CN1CCN(c2ncc(C(F)(F)F)cc2Cl)CC1)NCC1COc2ccccc2O1. The number of amides is 1. The Bertz CT molecular complexity index is 968. The molecule has 1 atom stereocenters. The van der Waals surface area contributed by atoms with Crippen molar-refractivity contribution in [3.8, 4) is 11.5 Å². The molecule has 1 amide bonds. The number of fused-ring (bicyclic) bond motifs is 1. The summed E-state index contributed by atoms with van der Waals surface area (Å²) in [4.78, 5) is 20.0. The first kappa shape index (κ1) is 22.5. The van der Waals surface area contributed by atoms with Crippen LogP contribution >= 0.6 is 11.6 Å². The highest BCUT2D eigenvalue weighted by Crippen LogP contribution is 2.34. The van der Waals surface area contributed by atoms with Gasteiger partial charge in [0.05, 0.1) is 23.7 Å². The largest absolute Gasteiger partial charge is 0.486 e. The van der Waals surface area contributed by atoms with Gasteiger partial charge < -0.3 is 19.7 Å². The van der Waals surface area contributed by atoms with E-state index in [1.807, 2.05) is 34.1 Å². The molecule has 4 rings (SSSR count). The maximum Gasteiger partial charge on any atom is 0.417 e. The van der Waals surface area contributed by atoms with E-state index in [1.54, 1.807) is 0 Å². The molecule has 1 N–H and O–H groups in total. The summed E-state index contributed by atoms with van der Waals surface area (Å²) in [5.41, 5.74) is -0.877. The number of nitrogens with zero attached hydrogens (tertiary/aromatic N) is 3.